The lowest BCUT2D eigenvalue weighted by Gasteiger charge is -2.24. The molecule has 1 aromatic heterocycles. The Labute approximate surface area is 258 Å². The van der Waals surface area contributed by atoms with Crippen LogP contribution in [0.15, 0.2) is 60.2 Å². The second-order valence-corrected chi connectivity index (χ2v) is 11.9. The van der Waals surface area contributed by atoms with Crippen molar-refractivity contribution in [3.63, 3.8) is 0 Å². The Morgan fingerprint density at radius 2 is 1.91 bits per heavy atom. The minimum atomic E-state index is -1.03. The molecule has 2 aliphatic rings. The van der Waals surface area contributed by atoms with Crippen LogP contribution in [0.4, 0.5) is 9.52 Å². The van der Waals surface area contributed by atoms with E-state index in [1.807, 2.05) is 13.8 Å². The zero-order chi connectivity index (χ0) is 31.0. The van der Waals surface area contributed by atoms with Crippen LogP contribution in [0, 0.1) is 5.82 Å². The largest absolute Gasteiger partial charge is 0.507 e. The fourth-order valence-electron chi connectivity index (χ4n) is 5.68. The molecule has 6 rings (SSSR count). The van der Waals surface area contributed by atoms with E-state index in [0.29, 0.717) is 52.5 Å². The molecule has 2 aliphatic heterocycles. The van der Waals surface area contributed by atoms with Crippen molar-refractivity contribution in [2.75, 3.05) is 18.1 Å². The number of hydrogen-bond donors (Lipinski definition) is 1. The molecule has 228 valence electrons. The molecule has 1 fully saturated rings. The number of halogens is 1. The van der Waals surface area contributed by atoms with Gasteiger partial charge in [0.25, 0.3) is 5.78 Å². The minimum Gasteiger partial charge on any atom is -0.507 e. The van der Waals surface area contributed by atoms with Gasteiger partial charge < -0.3 is 19.3 Å². The van der Waals surface area contributed by atoms with Gasteiger partial charge in [-0.25, -0.2) is 9.37 Å². The van der Waals surface area contributed by atoms with E-state index < -0.39 is 23.5 Å². The zero-order valence-electron chi connectivity index (χ0n) is 24.8. The molecule has 3 aromatic carbocycles. The average molecular weight is 617 g/mol. The van der Waals surface area contributed by atoms with E-state index >= 15 is 0 Å². The number of benzene rings is 3. The van der Waals surface area contributed by atoms with Crippen LogP contribution in [0.3, 0.4) is 0 Å². The number of carbonyl (C=O) groups is 2. The number of amides is 1. The number of Topliss-reactive ketones (excluding diaryl/α,β-unsaturated/α-hetero) is 1. The molecule has 1 amide bonds. The van der Waals surface area contributed by atoms with E-state index in [0.717, 1.165) is 41.9 Å². The summed E-state index contributed by atoms with van der Waals surface area (Å²) in [5, 5.41) is 11.9. The van der Waals surface area contributed by atoms with Gasteiger partial charge in [-0.1, -0.05) is 37.2 Å². The molecule has 0 aliphatic carbocycles. The number of aliphatic hydroxyl groups excluding tert-OH is 1. The minimum absolute atomic E-state index is 0.00320. The number of ketones is 1. The highest BCUT2D eigenvalue weighted by molar-refractivity contribution is 7.22. The molecule has 3 heterocycles. The number of thiazole rings is 1. The van der Waals surface area contributed by atoms with Gasteiger partial charge in [0, 0.05) is 12.0 Å². The summed E-state index contributed by atoms with van der Waals surface area (Å²) in [6.07, 6.45) is 3.65. The predicted octanol–water partition coefficient (Wildman–Crippen LogP) is 7.35. The number of nitrogens with zero attached hydrogens (tertiary/aromatic N) is 2. The van der Waals surface area contributed by atoms with E-state index in [-0.39, 0.29) is 22.6 Å². The summed E-state index contributed by atoms with van der Waals surface area (Å²) in [5.74, 6) is -0.689. The highest BCUT2D eigenvalue weighted by Crippen LogP contribution is 2.46. The molecule has 0 bridgehead atoms. The van der Waals surface area contributed by atoms with Crippen molar-refractivity contribution < 1.29 is 33.3 Å². The number of anilines is 1. The van der Waals surface area contributed by atoms with E-state index in [1.165, 1.54) is 23.1 Å². The number of aliphatic hydroxyl groups is 1. The van der Waals surface area contributed by atoms with E-state index in [4.69, 9.17) is 14.2 Å². The Hall–Kier alpha value is -4.44. The highest BCUT2D eigenvalue weighted by atomic mass is 32.1. The van der Waals surface area contributed by atoms with Crippen LogP contribution in [0.5, 0.6) is 17.2 Å². The van der Waals surface area contributed by atoms with Gasteiger partial charge in [-0.15, -0.1) is 0 Å². The molecule has 0 saturated carbocycles. The molecular formula is C34H33FN2O6S. The molecule has 0 unspecified atom stereocenters. The molecule has 44 heavy (non-hydrogen) atoms. The maximum atomic E-state index is 14.0. The summed E-state index contributed by atoms with van der Waals surface area (Å²) in [6.45, 7) is 6.83. The maximum absolute atomic E-state index is 14.0. The molecule has 1 saturated heterocycles. The fraction of sp³-hybridized carbons (Fsp3) is 0.324. The van der Waals surface area contributed by atoms with Gasteiger partial charge in [-0.2, -0.15) is 0 Å². The lowest BCUT2D eigenvalue weighted by atomic mass is 9.94. The third-order valence-electron chi connectivity index (χ3n) is 7.75. The van der Waals surface area contributed by atoms with Crippen molar-refractivity contribution in [2.45, 2.75) is 58.6 Å². The van der Waals surface area contributed by atoms with Crippen molar-refractivity contribution in [2.24, 2.45) is 0 Å². The van der Waals surface area contributed by atoms with Crippen LogP contribution in [0.1, 0.15) is 62.8 Å². The fourth-order valence-corrected chi connectivity index (χ4v) is 6.69. The molecular weight excluding hydrogens is 583 g/mol. The summed E-state index contributed by atoms with van der Waals surface area (Å²) < 4.78 is 32.3. The van der Waals surface area contributed by atoms with Gasteiger partial charge >= 0.3 is 5.91 Å². The van der Waals surface area contributed by atoms with Crippen LogP contribution < -0.4 is 19.1 Å². The standard InChI is InChI=1S/C34H33FN2O6S/c1-4-6-7-14-42-26-13-8-20(17-27(26)41-5-2)30-29(31(38)21-9-12-25-22(16-21)15-19(3)43-25)32(39)33(40)37(30)34-36-24-11-10-23(35)18-28(24)44-34/h8-13,16-19,30,38H,4-7,14-15H2,1-3H3/b31-29+/t19-,30+/m1/s1. The number of aromatic nitrogens is 1. The zero-order valence-corrected chi connectivity index (χ0v) is 25.6. The number of fused-ring (bicyclic) bond motifs is 2. The smallest absolute Gasteiger partial charge is 0.301 e. The van der Waals surface area contributed by atoms with Crippen molar-refractivity contribution in [3.05, 3.63) is 82.7 Å². The average Bonchev–Trinajstić information content (AvgIpc) is 3.67. The summed E-state index contributed by atoms with van der Waals surface area (Å²) >= 11 is 1.10. The highest BCUT2D eigenvalue weighted by Gasteiger charge is 2.48. The summed E-state index contributed by atoms with van der Waals surface area (Å²) in [4.78, 5) is 33.3. The molecule has 0 radical (unpaired) electrons. The normalized spacial score (nSPS) is 19.0. The summed E-state index contributed by atoms with van der Waals surface area (Å²) in [5.41, 5.74) is 2.25. The van der Waals surface area contributed by atoms with Gasteiger partial charge in [-0.3, -0.25) is 14.5 Å². The second kappa shape index (κ2) is 12.3. The Kier molecular flexibility index (Phi) is 8.27. The first kappa shape index (κ1) is 29.6. The number of ether oxygens (including phenoxy) is 3. The number of unbranched alkanes of at least 4 members (excludes halogenated alkanes) is 2. The third-order valence-corrected chi connectivity index (χ3v) is 8.77. The predicted molar refractivity (Wildman–Crippen MR) is 167 cm³/mol. The van der Waals surface area contributed by atoms with E-state index in [1.54, 1.807) is 36.4 Å². The Morgan fingerprint density at radius 1 is 1.07 bits per heavy atom. The Bertz CT molecular complexity index is 1780. The van der Waals surface area contributed by atoms with Gasteiger partial charge in [-0.05, 0) is 79.9 Å². The molecule has 1 N–H and O–H groups in total. The van der Waals surface area contributed by atoms with Crippen LogP contribution in [0.25, 0.3) is 16.0 Å². The van der Waals surface area contributed by atoms with Crippen molar-refractivity contribution in [1.29, 1.82) is 0 Å². The van der Waals surface area contributed by atoms with Crippen molar-refractivity contribution >= 4 is 44.1 Å². The van der Waals surface area contributed by atoms with Crippen LogP contribution in [0.2, 0.25) is 0 Å². The Morgan fingerprint density at radius 3 is 2.70 bits per heavy atom. The third kappa shape index (κ3) is 5.50. The maximum Gasteiger partial charge on any atom is 0.301 e. The first-order valence-corrected chi connectivity index (χ1v) is 15.7. The van der Waals surface area contributed by atoms with Crippen LogP contribution in [-0.2, 0) is 16.0 Å². The lowest BCUT2D eigenvalue weighted by molar-refractivity contribution is -0.132. The second-order valence-electron chi connectivity index (χ2n) is 10.9. The molecule has 8 nitrogen and oxygen atoms in total. The first-order valence-electron chi connectivity index (χ1n) is 14.9. The molecule has 10 heteroatoms. The topological polar surface area (TPSA) is 98.2 Å². The quantitative estimate of drug-likeness (QED) is 0.0861. The number of carbonyl (C=O) groups excluding carboxylic acids is 2. The van der Waals surface area contributed by atoms with Crippen LogP contribution >= 0.6 is 11.3 Å². The number of hydrogen-bond acceptors (Lipinski definition) is 8. The molecule has 2 atom stereocenters. The molecule has 0 spiro atoms. The van der Waals surface area contributed by atoms with Gasteiger partial charge in [0.15, 0.2) is 16.6 Å². The molecule has 4 aromatic rings. The number of rotatable bonds is 10. The lowest BCUT2D eigenvalue weighted by Crippen LogP contribution is -2.29. The van der Waals surface area contributed by atoms with Crippen LogP contribution in [-0.4, -0.2) is 41.1 Å². The summed E-state index contributed by atoms with van der Waals surface area (Å²) in [7, 11) is 0. The van der Waals surface area contributed by atoms with Gasteiger partial charge in [0.2, 0.25) is 0 Å². The van der Waals surface area contributed by atoms with E-state index in [9.17, 15) is 19.1 Å². The van der Waals surface area contributed by atoms with E-state index in [2.05, 4.69) is 11.9 Å². The summed E-state index contributed by atoms with van der Waals surface area (Å²) in [6, 6.07) is 13.6. The van der Waals surface area contributed by atoms with Gasteiger partial charge in [0.1, 0.15) is 23.4 Å². The van der Waals surface area contributed by atoms with Crippen molar-refractivity contribution in [1.82, 2.24) is 4.98 Å². The monoisotopic (exact) mass is 616 g/mol. The SMILES string of the molecule is CCCCCOc1ccc([C@H]2/C(=C(\O)c3ccc4c(c3)C[C@@H](C)O4)C(=O)C(=O)N2c2nc3ccc(F)cc3s2)cc1OCC. The first-order chi connectivity index (χ1) is 21.3. The Balaban J connectivity index is 1.49. The van der Waals surface area contributed by atoms with Crippen molar-refractivity contribution in [3.8, 4) is 17.2 Å². The van der Waals surface area contributed by atoms with Gasteiger partial charge in [0.05, 0.1) is 35.0 Å².